The highest BCUT2D eigenvalue weighted by Crippen LogP contribution is 2.27. The number of nitrogens with zero attached hydrogens (tertiary/aromatic N) is 2. The van der Waals surface area contributed by atoms with Crippen LogP contribution in [0, 0.1) is 5.92 Å². The number of halogens is 1. The molecule has 0 bridgehead atoms. The largest absolute Gasteiger partial charge is 0.338 e. The second kappa shape index (κ2) is 7.37. The van der Waals surface area contributed by atoms with Gasteiger partial charge in [0.1, 0.15) is 0 Å². The van der Waals surface area contributed by atoms with E-state index in [2.05, 4.69) is 0 Å². The monoisotopic (exact) mass is 418 g/mol. The number of rotatable bonds is 3. The Morgan fingerprint density at radius 3 is 2.14 bits per heavy atom. The minimum absolute atomic E-state index is 0.121. The summed E-state index contributed by atoms with van der Waals surface area (Å²) in [4.78, 5) is 56.8. The van der Waals surface area contributed by atoms with E-state index in [0.717, 1.165) is 0 Å². The van der Waals surface area contributed by atoms with Gasteiger partial charge < -0.3 is 9.74 Å². The Hall–Kier alpha value is -2.71. The molecule has 0 aliphatic carbocycles. The molecule has 0 radical (unpaired) electrons. The molecule has 0 atom stereocenters. The Morgan fingerprint density at radius 1 is 1.00 bits per heavy atom. The summed E-state index contributed by atoms with van der Waals surface area (Å²) in [7, 11) is 0. The number of fused-ring (bicyclic) bond motifs is 1. The van der Waals surface area contributed by atoms with E-state index in [1.54, 1.807) is 29.2 Å². The van der Waals surface area contributed by atoms with E-state index in [4.69, 9.17) is 16.4 Å². The first-order valence-corrected chi connectivity index (χ1v) is 9.89. The van der Waals surface area contributed by atoms with Gasteiger partial charge in [-0.1, -0.05) is 28.8 Å². The van der Waals surface area contributed by atoms with Crippen LogP contribution in [-0.4, -0.2) is 46.7 Å². The highest BCUT2D eigenvalue weighted by Gasteiger charge is 2.40. The third-order valence-corrected chi connectivity index (χ3v) is 6.06. The first-order chi connectivity index (χ1) is 13.5. The van der Waals surface area contributed by atoms with E-state index in [1.165, 1.54) is 23.5 Å². The van der Waals surface area contributed by atoms with Gasteiger partial charge in [-0.2, -0.15) is 0 Å². The summed E-state index contributed by atoms with van der Waals surface area (Å²) < 4.78 is 0.544. The van der Waals surface area contributed by atoms with Gasteiger partial charge in [-0.3, -0.25) is 14.4 Å². The van der Waals surface area contributed by atoms with Gasteiger partial charge in [0, 0.05) is 13.1 Å². The number of likely N-dealkylation sites (tertiary alicyclic amines) is 1. The number of carbonyl (C=O) groups is 4. The standard InChI is InChI=1S/C19H15ClN2O5S/c20-15-6-5-14(28-15)18(25)21-9-7-11(8-10-21)19(26)27-22-16(23)12-3-1-2-4-13(12)17(22)24/h1-6,11H,7-10H2. The summed E-state index contributed by atoms with van der Waals surface area (Å²) in [5, 5.41) is 0.526. The smallest absolute Gasteiger partial charge is 0.336 e. The molecule has 1 aromatic carbocycles. The number of hydrogen-bond acceptors (Lipinski definition) is 6. The number of carbonyl (C=O) groups excluding carboxylic acids is 4. The van der Waals surface area contributed by atoms with Crippen molar-refractivity contribution in [2.75, 3.05) is 13.1 Å². The lowest BCUT2D eigenvalue weighted by atomic mass is 9.97. The molecular weight excluding hydrogens is 404 g/mol. The third-order valence-electron chi connectivity index (χ3n) is 4.84. The Morgan fingerprint density at radius 2 is 1.61 bits per heavy atom. The molecule has 7 nitrogen and oxygen atoms in total. The molecule has 0 spiro atoms. The predicted molar refractivity (Wildman–Crippen MR) is 101 cm³/mol. The molecule has 9 heteroatoms. The number of benzene rings is 1. The molecule has 3 heterocycles. The van der Waals surface area contributed by atoms with Gasteiger partial charge in [0.05, 0.1) is 26.3 Å². The van der Waals surface area contributed by atoms with Crippen molar-refractivity contribution in [2.24, 2.45) is 5.92 Å². The predicted octanol–water partition coefficient (Wildman–Crippen LogP) is 3.01. The Bertz CT molecular complexity index is 945. The zero-order chi connectivity index (χ0) is 19.8. The quantitative estimate of drug-likeness (QED) is 0.715. The summed E-state index contributed by atoms with van der Waals surface area (Å²) >= 11 is 7.09. The van der Waals surface area contributed by atoms with Crippen LogP contribution in [0.15, 0.2) is 36.4 Å². The number of thiophene rings is 1. The van der Waals surface area contributed by atoms with Crippen LogP contribution in [0.3, 0.4) is 0 Å². The highest BCUT2D eigenvalue weighted by molar-refractivity contribution is 7.17. The van der Waals surface area contributed by atoms with E-state index >= 15 is 0 Å². The molecule has 144 valence electrons. The van der Waals surface area contributed by atoms with E-state index in [1.807, 2.05) is 0 Å². The van der Waals surface area contributed by atoms with Crippen molar-refractivity contribution in [1.29, 1.82) is 0 Å². The number of amides is 3. The van der Waals surface area contributed by atoms with Crippen molar-refractivity contribution in [2.45, 2.75) is 12.8 Å². The van der Waals surface area contributed by atoms with Crippen molar-refractivity contribution in [3.05, 3.63) is 56.7 Å². The van der Waals surface area contributed by atoms with E-state index < -0.39 is 23.7 Å². The maximum Gasteiger partial charge on any atom is 0.336 e. The van der Waals surface area contributed by atoms with Crippen LogP contribution in [0.25, 0.3) is 0 Å². The Labute approximate surface area is 169 Å². The summed E-state index contributed by atoms with van der Waals surface area (Å²) in [6, 6.07) is 9.67. The van der Waals surface area contributed by atoms with Crippen LogP contribution >= 0.6 is 22.9 Å². The lowest BCUT2D eigenvalue weighted by Crippen LogP contribution is -2.42. The van der Waals surface area contributed by atoms with E-state index in [0.29, 0.717) is 40.2 Å². The van der Waals surface area contributed by atoms with Gasteiger partial charge in [0.25, 0.3) is 17.7 Å². The van der Waals surface area contributed by atoms with Crippen LogP contribution in [0.2, 0.25) is 4.34 Å². The first kappa shape index (κ1) is 18.6. The minimum Gasteiger partial charge on any atom is -0.338 e. The van der Waals surface area contributed by atoms with Gasteiger partial charge >= 0.3 is 5.97 Å². The SMILES string of the molecule is O=C(ON1C(=O)c2ccccc2C1=O)C1CCN(C(=O)c2ccc(Cl)s2)CC1. The Kier molecular flexibility index (Phi) is 4.91. The van der Waals surface area contributed by atoms with Gasteiger partial charge in [-0.25, -0.2) is 4.79 Å². The van der Waals surface area contributed by atoms with Gasteiger partial charge in [0.2, 0.25) is 0 Å². The maximum absolute atomic E-state index is 12.5. The first-order valence-electron chi connectivity index (χ1n) is 8.70. The van der Waals surface area contributed by atoms with E-state index in [9.17, 15) is 19.2 Å². The molecule has 1 saturated heterocycles. The summed E-state index contributed by atoms with van der Waals surface area (Å²) in [5.41, 5.74) is 0.436. The van der Waals surface area contributed by atoms with Crippen molar-refractivity contribution >= 4 is 46.6 Å². The number of hydroxylamine groups is 2. The van der Waals surface area contributed by atoms with Gasteiger partial charge in [-0.05, 0) is 37.1 Å². The number of hydrogen-bond donors (Lipinski definition) is 0. The van der Waals surface area contributed by atoms with Crippen LogP contribution in [-0.2, 0) is 9.63 Å². The van der Waals surface area contributed by atoms with E-state index in [-0.39, 0.29) is 17.0 Å². The zero-order valence-corrected chi connectivity index (χ0v) is 16.2. The van der Waals surface area contributed by atoms with Crippen LogP contribution in [0.1, 0.15) is 43.2 Å². The second-order valence-electron chi connectivity index (χ2n) is 6.53. The average molecular weight is 419 g/mol. The number of piperidine rings is 1. The van der Waals surface area contributed by atoms with Crippen LogP contribution < -0.4 is 0 Å². The molecular formula is C19H15ClN2O5S. The van der Waals surface area contributed by atoms with Crippen molar-refractivity contribution in [3.63, 3.8) is 0 Å². The molecule has 2 aliphatic rings. The minimum atomic E-state index is -0.642. The maximum atomic E-state index is 12.5. The summed E-state index contributed by atoms with van der Waals surface area (Å²) in [5.74, 6) is -2.53. The molecule has 3 amide bonds. The molecule has 1 fully saturated rings. The Balaban J connectivity index is 1.35. The van der Waals surface area contributed by atoms with Crippen LogP contribution in [0.4, 0.5) is 0 Å². The molecule has 28 heavy (non-hydrogen) atoms. The van der Waals surface area contributed by atoms with Gasteiger partial charge in [-0.15, -0.1) is 11.3 Å². The molecule has 4 rings (SSSR count). The fourth-order valence-corrected chi connectivity index (χ4v) is 4.33. The molecule has 1 aromatic heterocycles. The molecule has 2 aromatic rings. The lowest BCUT2D eigenvalue weighted by molar-refractivity contribution is -0.175. The van der Waals surface area contributed by atoms with Crippen molar-refractivity contribution in [3.8, 4) is 0 Å². The van der Waals surface area contributed by atoms with Crippen molar-refractivity contribution in [1.82, 2.24) is 9.96 Å². The average Bonchev–Trinajstić information content (AvgIpc) is 3.25. The topological polar surface area (TPSA) is 84.0 Å². The van der Waals surface area contributed by atoms with Crippen molar-refractivity contribution < 1.29 is 24.0 Å². The number of imide groups is 1. The molecule has 0 saturated carbocycles. The summed E-state index contributed by atoms with van der Waals surface area (Å²) in [6.45, 7) is 0.770. The highest BCUT2D eigenvalue weighted by atomic mass is 35.5. The fourth-order valence-electron chi connectivity index (χ4n) is 3.32. The molecule has 0 unspecified atom stereocenters. The second-order valence-corrected chi connectivity index (χ2v) is 8.25. The third kappa shape index (κ3) is 3.29. The normalized spacial score (nSPS) is 17.0. The molecule has 0 N–H and O–H groups in total. The lowest BCUT2D eigenvalue weighted by Gasteiger charge is -2.30. The fraction of sp³-hybridized carbons (Fsp3) is 0.263. The van der Waals surface area contributed by atoms with Crippen LogP contribution in [0.5, 0.6) is 0 Å². The van der Waals surface area contributed by atoms with Gasteiger partial charge in [0.15, 0.2) is 0 Å². The molecule has 2 aliphatic heterocycles. The summed E-state index contributed by atoms with van der Waals surface area (Å²) in [6.07, 6.45) is 0.791. The zero-order valence-electron chi connectivity index (χ0n) is 14.6.